The molecule has 0 spiro atoms. The second-order valence-corrected chi connectivity index (χ2v) is 3.25. The normalized spacial score (nSPS) is 22.1. The molecule has 1 aromatic rings. The van der Waals surface area contributed by atoms with Crippen molar-refractivity contribution in [2.45, 2.75) is 25.4 Å². The molecule has 0 radical (unpaired) electrons. The summed E-state index contributed by atoms with van der Waals surface area (Å²) in [7, 11) is 0. The quantitative estimate of drug-likeness (QED) is 0.658. The molecule has 14 heavy (non-hydrogen) atoms. The zero-order valence-corrected chi connectivity index (χ0v) is 7.69. The van der Waals surface area contributed by atoms with Crippen LogP contribution in [0.25, 0.3) is 0 Å². The van der Waals surface area contributed by atoms with Gasteiger partial charge < -0.3 is 10.5 Å². The van der Waals surface area contributed by atoms with E-state index in [1.165, 1.54) is 0 Å². The van der Waals surface area contributed by atoms with Crippen LogP contribution in [0.4, 0.5) is 5.95 Å². The fourth-order valence-electron chi connectivity index (χ4n) is 1.53. The maximum Gasteiger partial charge on any atom is 0.349 e. The standard InChI is InChI=1S/C8H12N4O2/c9-7-10-6(11-8(13)12-7)5-3-1-2-4-14-5/h5H,1-4H2,(H3,9,10,11,12,13). The second kappa shape index (κ2) is 3.75. The lowest BCUT2D eigenvalue weighted by atomic mass is 10.1. The van der Waals surface area contributed by atoms with Crippen LogP contribution in [0, 0.1) is 0 Å². The summed E-state index contributed by atoms with van der Waals surface area (Å²) in [6.07, 6.45) is 2.87. The first-order chi connectivity index (χ1) is 6.75. The lowest BCUT2D eigenvalue weighted by Gasteiger charge is -2.21. The third-order valence-electron chi connectivity index (χ3n) is 2.17. The number of nitrogens with one attached hydrogen (secondary N) is 1. The van der Waals surface area contributed by atoms with E-state index in [9.17, 15) is 4.79 Å². The molecule has 1 atom stereocenters. The third kappa shape index (κ3) is 1.90. The van der Waals surface area contributed by atoms with Gasteiger partial charge in [-0.15, -0.1) is 0 Å². The Morgan fingerprint density at radius 2 is 2.29 bits per heavy atom. The average molecular weight is 196 g/mol. The van der Waals surface area contributed by atoms with Gasteiger partial charge in [0.2, 0.25) is 5.95 Å². The van der Waals surface area contributed by atoms with Crippen molar-refractivity contribution < 1.29 is 4.74 Å². The molecular formula is C8H12N4O2. The van der Waals surface area contributed by atoms with E-state index < -0.39 is 5.69 Å². The Morgan fingerprint density at radius 3 is 2.93 bits per heavy atom. The van der Waals surface area contributed by atoms with Gasteiger partial charge in [0.15, 0.2) is 0 Å². The summed E-state index contributed by atoms with van der Waals surface area (Å²) in [4.78, 5) is 20.9. The minimum absolute atomic E-state index is 0.00192. The van der Waals surface area contributed by atoms with Crippen molar-refractivity contribution in [3.05, 3.63) is 16.3 Å². The number of hydrogen-bond donors (Lipinski definition) is 2. The van der Waals surface area contributed by atoms with Gasteiger partial charge in [-0.2, -0.15) is 9.97 Å². The first kappa shape index (κ1) is 9.14. The van der Waals surface area contributed by atoms with Gasteiger partial charge in [0.1, 0.15) is 11.9 Å². The van der Waals surface area contributed by atoms with E-state index in [-0.39, 0.29) is 12.1 Å². The summed E-state index contributed by atoms with van der Waals surface area (Å²) in [5.41, 5.74) is 4.90. The monoisotopic (exact) mass is 196 g/mol. The van der Waals surface area contributed by atoms with Gasteiger partial charge in [-0.05, 0) is 19.3 Å². The van der Waals surface area contributed by atoms with Crippen LogP contribution in [0.3, 0.4) is 0 Å². The predicted molar refractivity (Wildman–Crippen MR) is 49.6 cm³/mol. The number of ether oxygens (including phenoxy) is 1. The molecule has 1 unspecified atom stereocenters. The molecule has 1 aliphatic heterocycles. The average Bonchev–Trinajstić information content (AvgIpc) is 2.18. The zero-order chi connectivity index (χ0) is 9.97. The SMILES string of the molecule is Nc1nc(C2CCCCO2)[nH]c(=O)n1. The van der Waals surface area contributed by atoms with E-state index in [1.54, 1.807) is 0 Å². The number of nitrogens with two attached hydrogens (primary N) is 1. The van der Waals surface area contributed by atoms with E-state index in [4.69, 9.17) is 10.5 Å². The Labute approximate surface area is 80.5 Å². The number of hydrogen-bond acceptors (Lipinski definition) is 5. The smallest absolute Gasteiger partial charge is 0.349 e. The molecular weight excluding hydrogens is 184 g/mol. The summed E-state index contributed by atoms with van der Waals surface area (Å²) in [5.74, 6) is 0.486. The van der Waals surface area contributed by atoms with Crippen molar-refractivity contribution in [2.24, 2.45) is 0 Å². The highest BCUT2D eigenvalue weighted by molar-refractivity contribution is 5.13. The van der Waals surface area contributed by atoms with Gasteiger partial charge in [-0.3, -0.25) is 4.98 Å². The summed E-state index contributed by atoms with van der Waals surface area (Å²) in [5, 5.41) is 0. The predicted octanol–water partition coefficient (Wildman–Crippen LogP) is -0.0113. The highest BCUT2D eigenvalue weighted by Crippen LogP contribution is 2.24. The lowest BCUT2D eigenvalue weighted by molar-refractivity contribution is 0.00924. The number of H-pyrrole nitrogens is 1. The number of nitrogen functional groups attached to an aromatic ring is 1. The van der Waals surface area contributed by atoms with Gasteiger partial charge in [-0.1, -0.05) is 0 Å². The van der Waals surface area contributed by atoms with Crippen molar-refractivity contribution in [1.29, 1.82) is 0 Å². The van der Waals surface area contributed by atoms with Crippen LogP contribution < -0.4 is 11.4 Å². The number of aromatic nitrogens is 3. The molecule has 3 N–H and O–H groups in total. The molecule has 0 amide bonds. The Hall–Kier alpha value is -1.43. The third-order valence-corrected chi connectivity index (χ3v) is 2.17. The van der Waals surface area contributed by atoms with Crippen molar-refractivity contribution in [3.63, 3.8) is 0 Å². The van der Waals surface area contributed by atoms with Gasteiger partial charge in [0.05, 0.1) is 0 Å². The van der Waals surface area contributed by atoms with E-state index in [2.05, 4.69) is 15.0 Å². The number of aromatic amines is 1. The lowest BCUT2D eigenvalue weighted by Crippen LogP contribution is -2.22. The van der Waals surface area contributed by atoms with Crippen LogP contribution in [0.2, 0.25) is 0 Å². The van der Waals surface area contributed by atoms with E-state index in [0.29, 0.717) is 12.4 Å². The molecule has 1 fully saturated rings. The highest BCUT2D eigenvalue weighted by Gasteiger charge is 2.18. The molecule has 0 aromatic carbocycles. The molecule has 6 nitrogen and oxygen atoms in total. The van der Waals surface area contributed by atoms with Gasteiger partial charge in [-0.25, -0.2) is 4.79 Å². The first-order valence-corrected chi connectivity index (χ1v) is 4.61. The fraction of sp³-hybridized carbons (Fsp3) is 0.625. The van der Waals surface area contributed by atoms with Crippen LogP contribution in [-0.4, -0.2) is 21.6 Å². The molecule has 2 heterocycles. The molecule has 2 rings (SSSR count). The second-order valence-electron chi connectivity index (χ2n) is 3.25. The Kier molecular flexibility index (Phi) is 2.45. The number of rotatable bonds is 1. The molecule has 76 valence electrons. The minimum atomic E-state index is -0.471. The first-order valence-electron chi connectivity index (χ1n) is 4.61. The minimum Gasteiger partial charge on any atom is -0.370 e. The molecule has 1 aromatic heterocycles. The van der Waals surface area contributed by atoms with Gasteiger partial charge in [0, 0.05) is 6.61 Å². The van der Waals surface area contributed by atoms with Crippen molar-refractivity contribution in [3.8, 4) is 0 Å². The molecule has 0 bridgehead atoms. The van der Waals surface area contributed by atoms with Crippen LogP contribution in [0.1, 0.15) is 31.2 Å². The number of nitrogens with zero attached hydrogens (tertiary/aromatic N) is 2. The molecule has 1 aliphatic rings. The summed E-state index contributed by atoms with van der Waals surface area (Å²) in [6, 6.07) is 0. The Bertz CT molecular complexity index is 370. The van der Waals surface area contributed by atoms with Gasteiger partial charge in [0.25, 0.3) is 0 Å². The maximum atomic E-state index is 11.0. The number of anilines is 1. The Balaban J connectivity index is 2.26. The Morgan fingerprint density at radius 1 is 1.43 bits per heavy atom. The van der Waals surface area contributed by atoms with Crippen molar-refractivity contribution in [2.75, 3.05) is 12.3 Å². The molecule has 1 saturated heterocycles. The van der Waals surface area contributed by atoms with Crippen molar-refractivity contribution in [1.82, 2.24) is 15.0 Å². The zero-order valence-electron chi connectivity index (χ0n) is 7.69. The highest BCUT2D eigenvalue weighted by atomic mass is 16.5. The molecule has 6 heteroatoms. The molecule has 0 saturated carbocycles. The maximum absolute atomic E-state index is 11.0. The van der Waals surface area contributed by atoms with Gasteiger partial charge >= 0.3 is 5.69 Å². The van der Waals surface area contributed by atoms with Crippen molar-refractivity contribution >= 4 is 5.95 Å². The largest absolute Gasteiger partial charge is 0.370 e. The topological polar surface area (TPSA) is 93.9 Å². The van der Waals surface area contributed by atoms with Crippen LogP contribution in [0.15, 0.2) is 4.79 Å². The summed E-state index contributed by atoms with van der Waals surface area (Å²) >= 11 is 0. The van der Waals surface area contributed by atoms with E-state index in [0.717, 1.165) is 19.3 Å². The van der Waals surface area contributed by atoms with Crippen LogP contribution in [-0.2, 0) is 4.74 Å². The fourth-order valence-corrected chi connectivity index (χ4v) is 1.53. The summed E-state index contributed by atoms with van der Waals surface area (Å²) < 4.78 is 5.46. The van der Waals surface area contributed by atoms with Crippen LogP contribution >= 0.6 is 0 Å². The van der Waals surface area contributed by atoms with E-state index >= 15 is 0 Å². The van der Waals surface area contributed by atoms with Crippen LogP contribution in [0.5, 0.6) is 0 Å². The molecule has 0 aliphatic carbocycles. The van der Waals surface area contributed by atoms with E-state index in [1.807, 2.05) is 0 Å². The summed E-state index contributed by atoms with van der Waals surface area (Å²) in [6.45, 7) is 0.705.